The van der Waals surface area contributed by atoms with E-state index in [1.54, 1.807) is 0 Å². The first kappa shape index (κ1) is 92.2. The van der Waals surface area contributed by atoms with Crippen molar-refractivity contribution in [1.82, 2.24) is 0 Å². The van der Waals surface area contributed by atoms with Crippen molar-refractivity contribution in [3.63, 3.8) is 0 Å². The minimum atomic E-state index is -4.40. The van der Waals surface area contributed by atoms with Crippen molar-refractivity contribution >= 4 is 19.8 Å². The molecule has 2 atom stereocenters. The number of nitrogens with two attached hydrogens (primary N) is 1. The lowest BCUT2D eigenvalue weighted by Crippen LogP contribution is -2.29. The summed E-state index contributed by atoms with van der Waals surface area (Å²) in [7, 11) is -4.40. The molecule has 0 aromatic rings. The van der Waals surface area contributed by atoms with Crippen LogP contribution < -0.4 is 5.73 Å². The number of phosphoric acid groups is 1. The molecule has 0 aromatic carbocycles. The van der Waals surface area contributed by atoms with E-state index in [1.165, 1.54) is 308 Å². The summed E-state index contributed by atoms with van der Waals surface area (Å²) in [5.74, 6) is -0.806. The fourth-order valence-corrected chi connectivity index (χ4v) is 13.0. The number of unbranched alkanes of at least 4 members (excludes halogenated alkanes) is 51. The van der Waals surface area contributed by atoms with Gasteiger partial charge in [0, 0.05) is 19.4 Å². The number of hydrogen-bond donors (Lipinski definition) is 2. The topological polar surface area (TPSA) is 134 Å². The first-order chi connectivity index (χ1) is 46.8. The molecule has 0 heterocycles. The number of allylic oxidation sites excluding steroid dienone is 14. The maximum absolute atomic E-state index is 12.8. The van der Waals surface area contributed by atoms with Crippen LogP contribution in [0.5, 0.6) is 0 Å². The molecule has 0 spiro atoms. The summed E-state index contributed by atoms with van der Waals surface area (Å²) in [4.78, 5) is 35.5. The van der Waals surface area contributed by atoms with Crippen molar-refractivity contribution in [2.24, 2.45) is 5.73 Å². The number of esters is 2. The number of carbonyl (C=O) groups is 2. The Balaban J connectivity index is 3.75. The molecule has 0 saturated carbocycles. The minimum Gasteiger partial charge on any atom is -0.462 e. The van der Waals surface area contributed by atoms with Crippen LogP contribution in [0.2, 0.25) is 0 Å². The number of rotatable bonds is 78. The molecule has 0 radical (unpaired) electrons. The summed E-state index contributed by atoms with van der Waals surface area (Å²) in [6.07, 6.45) is 109. The van der Waals surface area contributed by atoms with E-state index in [4.69, 9.17) is 24.3 Å². The van der Waals surface area contributed by atoms with E-state index in [0.717, 1.165) is 70.6 Å². The van der Waals surface area contributed by atoms with Gasteiger partial charge in [0.2, 0.25) is 0 Å². The average molecular weight is 1350 g/mol. The van der Waals surface area contributed by atoms with Crippen LogP contribution in [0.1, 0.15) is 412 Å². The van der Waals surface area contributed by atoms with Crippen LogP contribution in [0.15, 0.2) is 85.1 Å². The summed E-state index contributed by atoms with van der Waals surface area (Å²) < 4.78 is 33.3. The van der Waals surface area contributed by atoms with Gasteiger partial charge in [-0.25, -0.2) is 4.57 Å². The van der Waals surface area contributed by atoms with Gasteiger partial charge in [-0.3, -0.25) is 18.6 Å². The summed E-state index contributed by atoms with van der Waals surface area (Å²) >= 11 is 0. The maximum Gasteiger partial charge on any atom is 0.472 e. The Morgan fingerprint density at radius 2 is 0.579 bits per heavy atom. The predicted octanol–water partition coefficient (Wildman–Crippen LogP) is 27.7. The monoisotopic (exact) mass is 1350 g/mol. The lowest BCUT2D eigenvalue weighted by molar-refractivity contribution is -0.161. The standard InChI is InChI=1S/C85H156NO8P/c1-3-5-7-9-11-13-15-17-19-21-23-25-27-29-31-33-35-37-38-39-40-41-42-43-44-46-48-50-52-54-56-58-60-62-64-66-68-70-72-74-76-78-85(88)94-83(82-93-95(89,90)92-80-79-86)81-91-84(87)77-75-73-71-69-67-65-63-61-59-57-55-53-51-49-47-45-36-34-32-30-28-26-24-22-20-18-16-14-12-10-8-6-4-2/h5,7,11,13,16-19,22-25,28,30,83H,3-4,6,8-10,12,14-15,20-21,26-27,29,31-82,86H2,1-2H3,(H,89,90)/b7-5-,13-11-,18-16-,19-17-,24-22-,25-23-,30-28-. The van der Waals surface area contributed by atoms with Gasteiger partial charge in [0.05, 0.1) is 13.2 Å². The van der Waals surface area contributed by atoms with E-state index in [0.29, 0.717) is 6.42 Å². The third-order valence-corrected chi connectivity index (χ3v) is 19.2. The fraction of sp³-hybridized carbons (Fsp3) is 0.812. The molecule has 0 rings (SSSR count). The number of carbonyl (C=O) groups excluding carboxylic acids is 2. The predicted molar refractivity (Wildman–Crippen MR) is 413 cm³/mol. The second kappa shape index (κ2) is 80.2. The Bertz CT molecular complexity index is 1840. The lowest BCUT2D eigenvalue weighted by atomic mass is 10.0. The maximum atomic E-state index is 12.8. The van der Waals surface area contributed by atoms with E-state index in [9.17, 15) is 19.0 Å². The molecule has 10 heteroatoms. The van der Waals surface area contributed by atoms with Crippen molar-refractivity contribution < 1.29 is 37.6 Å². The van der Waals surface area contributed by atoms with Crippen molar-refractivity contribution in [2.75, 3.05) is 26.4 Å². The van der Waals surface area contributed by atoms with Crippen LogP contribution in [0.4, 0.5) is 0 Å². The van der Waals surface area contributed by atoms with Gasteiger partial charge in [0.15, 0.2) is 6.10 Å². The van der Waals surface area contributed by atoms with Gasteiger partial charge >= 0.3 is 19.8 Å². The van der Waals surface area contributed by atoms with Crippen molar-refractivity contribution in [3.05, 3.63) is 85.1 Å². The molecule has 554 valence electrons. The highest BCUT2D eigenvalue weighted by atomic mass is 31.2. The highest BCUT2D eigenvalue weighted by molar-refractivity contribution is 7.47. The van der Waals surface area contributed by atoms with E-state index in [1.807, 2.05) is 0 Å². The zero-order chi connectivity index (χ0) is 68.6. The smallest absolute Gasteiger partial charge is 0.462 e. The molecule has 3 N–H and O–H groups in total. The Kier molecular flexibility index (Phi) is 77.8. The molecule has 2 unspecified atom stereocenters. The largest absolute Gasteiger partial charge is 0.472 e. The van der Waals surface area contributed by atoms with Crippen LogP contribution >= 0.6 is 7.82 Å². The van der Waals surface area contributed by atoms with Gasteiger partial charge < -0.3 is 20.1 Å². The quantitative estimate of drug-likeness (QED) is 0.0264. The summed E-state index contributed by atoms with van der Waals surface area (Å²) in [6, 6.07) is 0. The molecule has 0 fully saturated rings. The number of hydrogen-bond acceptors (Lipinski definition) is 8. The molecule has 0 saturated heterocycles. The van der Waals surface area contributed by atoms with Crippen molar-refractivity contribution in [1.29, 1.82) is 0 Å². The van der Waals surface area contributed by atoms with Gasteiger partial charge in [0.1, 0.15) is 6.61 Å². The number of phosphoric ester groups is 1. The van der Waals surface area contributed by atoms with Gasteiger partial charge in [-0.1, -0.05) is 394 Å². The van der Waals surface area contributed by atoms with Gasteiger partial charge in [-0.15, -0.1) is 0 Å². The van der Waals surface area contributed by atoms with Crippen LogP contribution in [0, 0.1) is 0 Å². The van der Waals surface area contributed by atoms with E-state index in [-0.39, 0.29) is 38.6 Å². The van der Waals surface area contributed by atoms with E-state index < -0.39 is 26.5 Å². The molecular weight excluding hydrogens is 1190 g/mol. The normalized spacial score (nSPS) is 13.3. The average Bonchev–Trinajstić information content (AvgIpc) is 2.75. The number of ether oxygens (including phenoxy) is 2. The fourth-order valence-electron chi connectivity index (χ4n) is 12.2. The summed E-state index contributed by atoms with van der Waals surface area (Å²) in [6.45, 7) is 3.69. The first-order valence-electron chi connectivity index (χ1n) is 41.1. The van der Waals surface area contributed by atoms with E-state index in [2.05, 4.69) is 98.9 Å². The lowest BCUT2D eigenvalue weighted by Gasteiger charge is -2.19. The van der Waals surface area contributed by atoms with Crippen molar-refractivity contribution in [3.8, 4) is 0 Å². The van der Waals surface area contributed by atoms with Gasteiger partial charge in [-0.2, -0.15) is 0 Å². The molecular formula is C85H156NO8P. The summed E-state index contributed by atoms with van der Waals surface area (Å²) in [5.41, 5.74) is 5.42. The second-order valence-electron chi connectivity index (χ2n) is 27.6. The molecule has 0 aliphatic heterocycles. The van der Waals surface area contributed by atoms with Crippen LogP contribution in [0.3, 0.4) is 0 Å². The van der Waals surface area contributed by atoms with Crippen molar-refractivity contribution in [2.45, 2.75) is 418 Å². The zero-order valence-electron chi connectivity index (χ0n) is 62.7. The van der Waals surface area contributed by atoms with Crippen LogP contribution in [0.25, 0.3) is 0 Å². The first-order valence-corrected chi connectivity index (χ1v) is 42.6. The molecule has 0 bridgehead atoms. The highest BCUT2D eigenvalue weighted by Crippen LogP contribution is 2.43. The van der Waals surface area contributed by atoms with Crippen LogP contribution in [-0.4, -0.2) is 49.3 Å². The Hall–Kier alpha value is -2.81. The minimum absolute atomic E-state index is 0.0545. The molecule has 0 amide bonds. The molecule has 0 aromatic heterocycles. The van der Waals surface area contributed by atoms with Gasteiger partial charge in [0.25, 0.3) is 0 Å². The van der Waals surface area contributed by atoms with Gasteiger partial charge in [-0.05, 0) is 89.9 Å². The SMILES string of the molecule is CC/C=C\C/C=C\C/C=C\C/C=C\CCCCCCCCCCCCCCCCCCCCCCCCCCCCCCC(=O)OC(COC(=O)CCCCCCCCCCCCCCCCCCCC/C=C\C/C=C\C/C=C\CCCCCCC)COP(=O)(O)OCCN. The second-order valence-corrected chi connectivity index (χ2v) is 29.1. The molecule has 0 aliphatic carbocycles. The molecule has 0 aliphatic rings. The molecule has 95 heavy (non-hydrogen) atoms. The highest BCUT2D eigenvalue weighted by Gasteiger charge is 2.26. The third-order valence-electron chi connectivity index (χ3n) is 18.3. The zero-order valence-corrected chi connectivity index (χ0v) is 63.6. The Morgan fingerprint density at radius 3 is 0.863 bits per heavy atom. The Morgan fingerprint density at radius 1 is 0.326 bits per heavy atom. The van der Waals surface area contributed by atoms with Crippen LogP contribution in [-0.2, 0) is 32.7 Å². The van der Waals surface area contributed by atoms with E-state index >= 15 is 0 Å². The summed E-state index contributed by atoms with van der Waals surface area (Å²) in [5, 5.41) is 0. The third kappa shape index (κ3) is 80.1. The molecule has 9 nitrogen and oxygen atoms in total. The Labute approximate surface area is 589 Å².